The molecule has 4 aromatic carbocycles. The first-order chi connectivity index (χ1) is 21.6. The fraction of sp³-hybridized carbons (Fsp3) is 0.0244. The van der Waals surface area contributed by atoms with Crippen LogP contribution in [0.5, 0.6) is 0 Å². The number of nitrogens with zero attached hydrogens (tertiary/aromatic N) is 2. The highest BCUT2D eigenvalue weighted by molar-refractivity contribution is 6.31. The van der Waals surface area contributed by atoms with Crippen molar-refractivity contribution in [3.63, 3.8) is 0 Å². The molecule has 0 saturated heterocycles. The minimum absolute atomic E-state index is 0.678. The van der Waals surface area contributed by atoms with Crippen LogP contribution in [-0.2, 0) is 6.42 Å². The van der Waals surface area contributed by atoms with Gasteiger partial charge in [0.2, 0.25) is 0 Å². The molecule has 44 heavy (non-hydrogen) atoms. The van der Waals surface area contributed by atoms with Crippen LogP contribution in [0.15, 0.2) is 171 Å². The van der Waals surface area contributed by atoms with Gasteiger partial charge in [-0.1, -0.05) is 127 Å². The van der Waals surface area contributed by atoms with Gasteiger partial charge in [0.25, 0.3) is 0 Å². The predicted molar refractivity (Wildman–Crippen MR) is 186 cm³/mol. The molecule has 3 heteroatoms. The molecule has 0 atom stereocenters. The van der Waals surface area contributed by atoms with E-state index >= 15 is 0 Å². The second-order valence-corrected chi connectivity index (χ2v) is 10.9. The summed E-state index contributed by atoms with van der Waals surface area (Å²) < 4.78 is 0. The number of pyridine rings is 2. The van der Waals surface area contributed by atoms with Crippen molar-refractivity contribution in [1.29, 1.82) is 0 Å². The van der Waals surface area contributed by atoms with E-state index in [2.05, 4.69) is 108 Å². The van der Waals surface area contributed by atoms with Crippen molar-refractivity contribution in [2.75, 3.05) is 0 Å². The molecule has 2 heterocycles. The minimum atomic E-state index is 0.678. The molecular formula is C41H31ClN2. The average Bonchev–Trinajstić information content (AvgIpc) is 3.09. The Hall–Kier alpha value is -5.31. The number of allylic oxidation sites excluding steroid dienone is 5. The monoisotopic (exact) mass is 586 g/mol. The normalized spacial score (nSPS) is 11.3. The van der Waals surface area contributed by atoms with Crippen LogP contribution in [0.25, 0.3) is 50.3 Å². The first kappa shape index (κ1) is 28.8. The topological polar surface area (TPSA) is 25.8 Å². The quantitative estimate of drug-likeness (QED) is 0.157. The Balaban J connectivity index is 1.15. The standard InChI is InChI=1S/C41H31ClN2/c1-30(11-3-2-4-12-31-17-19-33(20-18-31)40-15-7-9-25-43-40)35-27-36(29-37(42)28-35)39-14-6-5-13-38(39)32-21-23-34(24-22-32)41-16-8-10-26-44-41/h2-11,13-29H,1,12H2/b4-2-,11-3-. The van der Waals surface area contributed by atoms with Gasteiger partial charge in [-0.15, -0.1) is 0 Å². The number of hydrogen-bond acceptors (Lipinski definition) is 2. The maximum absolute atomic E-state index is 6.64. The summed E-state index contributed by atoms with van der Waals surface area (Å²) in [5, 5.41) is 0.678. The molecule has 0 unspecified atom stereocenters. The first-order valence-electron chi connectivity index (χ1n) is 14.6. The summed E-state index contributed by atoms with van der Waals surface area (Å²) in [4.78, 5) is 8.90. The third-order valence-corrected chi connectivity index (χ3v) is 7.69. The van der Waals surface area contributed by atoms with Gasteiger partial charge >= 0.3 is 0 Å². The molecule has 0 N–H and O–H groups in total. The predicted octanol–water partition coefficient (Wildman–Crippen LogP) is 11.2. The van der Waals surface area contributed by atoms with Crippen LogP contribution in [0, 0.1) is 0 Å². The molecule has 212 valence electrons. The molecule has 0 radical (unpaired) electrons. The van der Waals surface area contributed by atoms with Crippen molar-refractivity contribution < 1.29 is 0 Å². The number of aromatic nitrogens is 2. The van der Waals surface area contributed by atoms with E-state index in [1.165, 1.54) is 5.56 Å². The second kappa shape index (κ2) is 13.8. The average molecular weight is 587 g/mol. The van der Waals surface area contributed by atoms with Gasteiger partial charge in [0, 0.05) is 28.5 Å². The second-order valence-electron chi connectivity index (χ2n) is 10.5. The van der Waals surface area contributed by atoms with Crippen molar-refractivity contribution in [1.82, 2.24) is 9.97 Å². The summed E-state index contributed by atoms with van der Waals surface area (Å²) in [6.07, 6.45) is 12.8. The van der Waals surface area contributed by atoms with Gasteiger partial charge in [-0.25, -0.2) is 0 Å². The molecule has 0 aliphatic heterocycles. The van der Waals surface area contributed by atoms with Gasteiger partial charge < -0.3 is 0 Å². The Morgan fingerprint density at radius 3 is 1.77 bits per heavy atom. The molecular weight excluding hydrogens is 556 g/mol. The van der Waals surface area contributed by atoms with E-state index in [4.69, 9.17) is 11.6 Å². The molecule has 2 aromatic heterocycles. The lowest BCUT2D eigenvalue weighted by atomic mass is 9.92. The van der Waals surface area contributed by atoms with E-state index < -0.39 is 0 Å². The Morgan fingerprint density at radius 1 is 0.591 bits per heavy atom. The summed E-state index contributed by atoms with van der Waals surface area (Å²) in [6.45, 7) is 4.32. The van der Waals surface area contributed by atoms with E-state index in [1.807, 2.05) is 73.1 Å². The zero-order valence-electron chi connectivity index (χ0n) is 24.3. The van der Waals surface area contributed by atoms with Gasteiger partial charge in [0.1, 0.15) is 0 Å². The number of hydrogen-bond donors (Lipinski definition) is 0. The van der Waals surface area contributed by atoms with Gasteiger partial charge in [-0.2, -0.15) is 0 Å². The summed E-state index contributed by atoms with van der Waals surface area (Å²) in [7, 11) is 0. The molecule has 6 aromatic rings. The first-order valence-corrected chi connectivity index (χ1v) is 15.0. The number of halogens is 1. The minimum Gasteiger partial charge on any atom is -0.256 e. The Bertz CT molecular complexity index is 1920. The summed E-state index contributed by atoms with van der Waals surface area (Å²) in [5.41, 5.74) is 11.7. The Morgan fingerprint density at radius 2 is 1.16 bits per heavy atom. The van der Waals surface area contributed by atoms with Crippen molar-refractivity contribution in [2.45, 2.75) is 6.42 Å². The molecule has 0 fully saturated rings. The summed E-state index contributed by atoms with van der Waals surface area (Å²) in [5.74, 6) is 0. The van der Waals surface area contributed by atoms with E-state index in [9.17, 15) is 0 Å². The van der Waals surface area contributed by atoms with E-state index in [1.54, 1.807) is 0 Å². The highest BCUT2D eigenvalue weighted by Gasteiger charge is 2.10. The lowest BCUT2D eigenvalue weighted by Crippen LogP contribution is -1.88. The Kier molecular flexibility index (Phi) is 9.01. The highest BCUT2D eigenvalue weighted by Crippen LogP contribution is 2.36. The van der Waals surface area contributed by atoms with Crippen LogP contribution in [0.2, 0.25) is 5.02 Å². The highest BCUT2D eigenvalue weighted by atomic mass is 35.5. The largest absolute Gasteiger partial charge is 0.256 e. The fourth-order valence-corrected chi connectivity index (χ4v) is 5.40. The molecule has 0 aliphatic rings. The van der Waals surface area contributed by atoms with Gasteiger partial charge in [-0.3, -0.25) is 9.97 Å². The molecule has 0 amide bonds. The Labute approximate surface area is 264 Å². The van der Waals surface area contributed by atoms with Gasteiger partial charge in [0.05, 0.1) is 11.4 Å². The van der Waals surface area contributed by atoms with Crippen LogP contribution in [0.4, 0.5) is 0 Å². The molecule has 2 nitrogen and oxygen atoms in total. The third kappa shape index (κ3) is 7.00. The lowest BCUT2D eigenvalue weighted by Gasteiger charge is -2.13. The number of benzene rings is 4. The molecule has 0 saturated carbocycles. The van der Waals surface area contributed by atoms with Gasteiger partial charge in [-0.05, 0) is 87.8 Å². The lowest BCUT2D eigenvalue weighted by molar-refractivity contribution is 1.26. The van der Waals surface area contributed by atoms with Crippen molar-refractivity contribution in [3.05, 3.63) is 187 Å². The molecule has 0 spiro atoms. The van der Waals surface area contributed by atoms with E-state index in [0.29, 0.717) is 5.02 Å². The van der Waals surface area contributed by atoms with Crippen molar-refractivity contribution in [2.24, 2.45) is 0 Å². The number of rotatable bonds is 9. The van der Waals surface area contributed by atoms with Crippen molar-refractivity contribution >= 4 is 17.2 Å². The zero-order valence-corrected chi connectivity index (χ0v) is 25.0. The maximum Gasteiger partial charge on any atom is 0.0701 e. The SMILES string of the molecule is C=C(/C=C\C=C/Cc1ccc(-c2ccccn2)cc1)c1cc(Cl)cc(-c2ccccc2-c2ccc(-c3ccccn3)cc2)c1. The van der Waals surface area contributed by atoms with Gasteiger partial charge in [0.15, 0.2) is 0 Å². The molecule has 6 rings (SSSR count). The van der Waals surface area contributed by atoms with Crippen LogP contribution >= 0.6 is 11.6 Å². The van der Waals surface area contributed by atoms with E-state index in [-0.39, 0.29) is 0 Å². The van der Waals surface area contributed by atoms with Crippen LogP contribution < -0.4 is 0 Å². The molecule has 0 aliphatic carbocycles. The summed E-state index contributed by atoms with van der Waals surface area (Å²) in [6, 6.07) is 43.6. The third-order valence-electron chi connectivity index (χ3n) is 7.48. The summed E-state index contributed by atoms with van der Waals surface area (Å²) >= 11 is 6.64. The maximum atomic E-state index is 6.64. The van der Waals surface area contributed by atoms with E-state index in [0.717, 1.165) is 62.3 Å². The fourth-order valence-electron chi connectivity index (χ4n) is 5.17. The van der Waals surface area contributed by atoms with Crippen LogP contribution in [0.3, 0.4) is 0 Å². The smallest absolute Gasteiger partial charge is 0.0701 e. The van der Waals surface area contributed by atoms with Crippen LogP contribution in [0.1, 0.15) is 11.1 Å². The van der Waals surface area contributed by atoms with Crippen molar-refractivity contribution in [3.8, 4) is 44.8 Å². The van der Waals surface area contributed by atoms with Crippen LogP contribution in [-0.4, -0.2) is 9.97 Å². The zero-order chi connectivity index (χ0) is 30.1. The molecule has 0 bridgehead atoms.